The molecular formula is C15H14BrCl2N. The summed E-state index contributed by atoms with van der Waals surface area (Å²) in [5.74, 6) is 0. The number of rotatable bonds is 4. The molecule has 19 heavy (non-hydrogen) atoms. The fourth-order valence-electron chi connectivity index (χ4n) is 2.03. The molecule has 1 N–H and O–H groups in total. The van der Waals surface area contributed by atoms with Gasteiger partial charge in [-0.3, -0.25) is 0 Å². The minimum atomic E-state index is 0.0623. The van der Waals surface area contributed by atoms with Gasteiger partial charge in [0.05, 0.1) is 6.04 Å². The van der Waals surface area contributed by atoms with Crippen molar-refractivity contribution >= 4 is 39.1 Å². The summed E-state index contributed by atoms with van der Waals surface area (Å²) >= 11 is 15.8. The van der Waals surface area contributed by atoms with Crippen molar-refractivity contribution in [3.8, 4) is 0 Å². The molecule has 4 heteroatoms. The normalized spacial score (nSPS) is 12.4. The van der Waals surface area contributed by atoms with Crippen molar-refractivity contribution in [2.24, 2.45) is 0 Å². The van der Waals surface area contributed by atoms with E-state index in [2.05, 4.69) is 40.3 Å². The summed E-state index contributed by atoms with van der Waals surface area (Å²) in [5, 5.41) is 4.78. The molecule has 0 radical (unpaired) electrons. The maximum absolute atomic E-state index is 6.31. The van der Waals surface area contributed by atoms with Crippen LogP contribution in [0.2, 0.25) is 10.0 Å². The number of nitrogens with one attached hydrogen (secondary N) is 1. The lowest BCUT2D eigenvalue weighted by molar-refractivity contribution is 0.630. The first-order valence-electron chi connectivity index (χ1n) is 6.05. The first kappa shape index (κ1) is 14.9. The van der Waals surface area contributed by atoms with Crippen molar-refractivity contribution in [2.75, 3.05) is 6.54 Å². The van der Waals surface area contributed by atoms with Crippen LogP contribution in [0.4, 0.5) is 0 Å². The van der Waals surface area contributed by atoms with E-state index < -0.39 is 0 Å². The Kier molecular flexibility index (Phi) is 5.28. The Morgan fingerprint density at radius 1 is 1.16 bits per heavy atom. The Morgan fingerprint density at radius 3 is 2.58 bits per heavy atom. The summed E-state index contributed by atoms with van der Waals surface area (Å²) in [5.41, 5.74) is 2.20. The van der Waals surface area contributed by atoms with Crippen LogP contribution in [0.25, 0.3) is 0 Å². The van der Waals surface area contributed by atoms with Gasteiger partial charge < -0.3 is 5.32 Å². The summed E-state index contributed by atoms with van der Waals surface area (Å²) in [4.78, 5) is 0. The number of hydrogen-bond donors (Lipinski definition) is 1. The van der Waals surface area contributed by atoms with Crippen molar-refractivity contribution < 1.29 is 0 Å². The van der Waals surface area contributed by atoms with Crippen LogP contribution in [-0.2, 0) is 0 Å². The third kappa shape index (κ3) is 3.73. The van der Waals surface area contributed by atoms with Crippen LogP contribution >= 0.6 is 39.1 Å². The molecule has 0 aromatic heterocycles. The zero-order valence-corrected chi connectivity index (χ0v) is 13.6. The molecule has 0 aliphatic heterocycles. The van der Waals surface area contributed by atoms with Crippen LogP contribution in [0, 0.1) is 0 Å². The summed E-state index contributed by atoms with van der Waals surface area (Å²) in [6.45, 7) is 2.94. The molecule has 2 aromatic carbocycles. The highest BCUT2D eigenvalue weighted by molar-refractivity contribution is 9.10. The van der Waals surface area contributed by atoms with Gasteiger partial charge in [0.1, 0.15) is 0 Å². The fourth-order valence-corrected chi connectivity index (χ4v) is 2.97. The lowest BCUT2D eigenvalue weighted by Crippen LogP contribution is -2.22. The predicted octanol–water partition coefficient (Wildman–Crippen LogP) is 5.45. The minimum absolute atomic E-state index is 0.0623. The second-order valence-corrected chi connectivity index (χ2v) is 5.97. The summed E-state index contributed by atoms with van der Waals surface area (Å²) in [6.07, 6.45) is 0. The maximum atomic E-state index is 6.31. The zero-order valence-electron chi connectivity index (χ0n) is 10.5. The number of hydrogen-bond acceptors (Lipinski definition) is 1. The van der Waals surface area contributed by atoms with Gasteiger partial charge in [0.15, 0.2) is 0 Å². The van der Waals surface area contributed by atoms with Gasteiger partial charge in [0.2, 0.25) is 0 Å². The van der Waals surface area contributed by atoms with E-state index in [0.29, 0.717) is 10.0 Å². The SMILES string of the molecule is CCNC(c1cccc(Br)c1)c1ccc(Cl)cc1Cl. The molecule has 0 spiro atoms. The first-order chi connectivity index (χ1) is 9.11. The van der Waals surface area contributed by atoms with E-state index in [9.17, 15) is 0 Å². The third-order valence-corrected chi connectivity index (χ3v) is 3.92. The Labute approximate surface area is 132 Å². The molecule has 1 nitrogen and oxygen atoms in total. The molecule has 2 aromatic rings. The smallest absolute Gasteiger partial charge is 0.0591 e. The van der Waals surface area contributed by atoms with Gasteiger partial charge in [-0.25, -0.2) is 0 Å². The molecule has 0 heterocycles. The summed E-state index contributed by atoms with van der Waals surface area (Å²) in [7, 11) is 0. The van der Waals surface area contributed by atoms with Gasteiger partial charge in [-0.15, -0.1) is 0 Å². The van der Waals surface area contributed by atoms with Crippen molar-refractivity contribution in [2.45, 2.75) is 13.0 Å². The van der Waals surface area contributed by atoms with E-state index in [1.54, 1.807) is 6.07 Å². The highest BCUT2D eigenvalue weighted by Gasteiger charge is 2.16. The Balaban J connectivity index is 2.45. The molecule has 0 aliphatic rings. The topological polar surface area (TPSA) is 12.0 Å². The average molecular weight is 359 g/mol. The fraction of sp³-hybridized carbons (Fsp3) is 0.200. The van der Waals surface area contributed by atoms with Gasteiger partial charge in [-0.05, 0) is 41.9 Å². The predicted molar refractivity (Wildman–Crippen MR) is 86.1 cm³/mol. The maximum Gasteiger partial charge on any atom is 0.0591 e. The molecule has 0 bridgehead atoms. The molecule has 0 saturated carbocycles. The van der Waals surface area contributed by atoms with Gasteiger partial charge in [0.25, 0.3) is 0 Å². The molecule has 2 rings (SSSR count). The second kappa shape index (κ2) is 6.76. The Bertz CT molecular complexity index is 572. The number of halogens is 3. The van der Waals surface area contributed by atoms with E-state index in [0.717, 1.165) is 16.6 Å². The molecule has 0 amide bonds. The molecule has 100 valence electrons. The van der Waals surface area contributed by atoms with Crippen molar-refractivity contribution in [1.82, 2.24) is 5.32 Å². The summed E-state index contributed by atoms with van der Waals surface area (Å²) in [6, 6.07) is 13.9. The second-order valence-electron chi connectivity index (χ2n) is 4.21. The standard InChI is InChI=1S/C15H14BrCl2N/c1-2-19-15(10-4-3-5-11(16)8-10)13-7-6-12(17)9-14(13)18/h3-9,15,19H,2H2,1H3. The van der Waals surface area contributed by atoms with Crippen LogP contribution in [0.15, 0.2) is 46.9 Å². The highest BCUT2D eigenvalue weighted by Crippen LogP contribution is 2.31. The lowest BCUT2D eigenvalue weighted by atomic mass is 9.98. The van der Waals surface area contributed by atoms with Crippen molar-refractivity contribution in [3.63, 3.8) is 0 Å². The van der Waals surface area contributed by atoms with E-state index in [1.165, 1.54) is 5.56 Å². The first-order valence-corrected chi connectivity index (χ1v) is 7.60. The largest absolute Gasteiger partial charge is 0.306 e. The van der Waals surface area contributed by atoms with E-state index in [1.807, 2.05) is 24.3 Å². The molecule has 1 atom stereocenters. The molecule has 0 aliphatic carbocycles. The Hall–Kier alpha value is -0.540. The zero-order chi connectivity index (χ0) is 13.8. The van der Waals surface area contributed by atoms with Crippen LogP contribution < -0.4 is 5.32 Å². The minimum Gasteiger partial charge on any atom is -0.306 e. The van der Waals surface area contributed by atoms with Gasteiger partial charge in [-0.2, -0.15) is 0 Å². The van der Waals surface area contributed by atoms with E-state index >= 15 is 0 Å². The van der Waals surface area contributed by atoms with Crippen molar-refractivity contribution in [1.29, 1.82) is 0 Å². The van der Waals surface area contributed by atoms with Crippen LogP contribution in [0.5, 0.6) is 0 Å². The quantitative estimate of drug-likeness (QED) is 0.765. The van der Waals surface area contributed by atoms with E-state index in [4.69, 9.17) is 23.2 Å². The van der Waals surface area contributed by atoms with Crippen molar-refractivity contribution in [3.05, 3.63) is 68.1 Å². The molecule has 1 unspecified atom stereocenters. The lowest BCUT2D eigenvalue weighted by Gasteiger charge is -2.20. The highest BCUT2D eigenvalue weighted by atomic mass is 79.9. The molecule has 0 saturated heterocycles. The Morgan fingerprint density at radius 2 is 1.95 bits per heavy atom. The van der Waals surface area contributed by atoms with E-state index in [-0.39, 0.29) is 6.04 Å². The molecule has 0 fully saturated rings. The van der Waals surface area contributed by atoms with Gasteiger partial charge in [0, 0.05) is 14.5 Å². The third-order valence-electron chi connectivity index (χ3n) is 2.86. The van der Waals surface area contributed by atoms with Gasteiger partial charge >= 0.3 is 0 Å². The molecular weight excluding hydrogens is 345 g/mol. The number of benzene rings is 2. The summed E-state index contributed by atoms with van der Waals surface area (Å²) < 4.78 is 1.05. The van der Waals surface area contributed by atoms with Crippen LogP contribution in [-0.4, -0.2) is 6.54 Å². The average Bonchev–Trinajstić information content (AvgIpc) is 2.37. The van der Waals surface area contributed by atoms with Crippen LogP contribution in [0.1, 0.15) is 24.1 Å². The van der Waals surface area contributed by atoms with Crippen LogP contribution in [0.3, 0.4) is 0 Å². The van der Waals surface area contributed by atoms with Gasteiger partial charge in [-0.1, -0.05) is 64.3 Å². The monoisotopic (exact) mass is 357 g/mol.